The Morgan fingerprint density at radius 1 is 1.15 bits per heavy atom. The minimum atomic E-state index is -0.450. The van der Waals surface area contributed by atoms with Gasteiger partial charge >= 0.3 is 0 Å². The van der Waals surface area contributed by atoms with Crippen molar-refractivity contribution >= 4 is 5.91 Å². The van der Waals surface area contributed by atoms with E-state index in [2.05, 4.69) is 4.98 Å². The van der Waals surface area contributed by atoms with Crippen LogP contribution in [0.1, 0.15) is 24.0 Å². The zero-order valence-corrected chi connectivity index (χ0v) is 15.2. The highest BCUT2D eigenvalue weighted by atomic mass is 16.5. The maximum Gasteiger partial charge on any atom is 0.222 e. The van der Waals surface area contributed by atoms with Crippen molar-refractivity contribution in [1.82, 2.24) is 9.88 Å². The summed E-state index contributed by atoms with van der Waals surface area (Å²) in [7, 11) is 1.65. The number of methoxy groups -OCH3 is 1. The Kier molecular flexibility index (Phi) is 6.23. The molecule has 0 unspecified atom stereocenters. The lowest BCUT2D eigenvalue weighted by Gasteiger charge is -2.16. The largest absolute Gasteiger partial charge is 0.497 e. The summed E-state index contributed by atoms with van der Waals surface area (Å²) in [5.74, 6) is 1.08. The number of aryl methyl sites for hydroxylation is 1. The molecule has 138 valence electrons. The second kappa shape index (κ2) is 8.81. The van der Waals surface area contributed by atoms with Gasteiger partial charge in [0.15, 0.2) is 0 Å². The molecule has 0 aliphatic carbocycles. The number of aliphatic hydroxyl groups excluding tert-OH is 1. The summed E-state index contributed by atoms with van der Waals surface area (Å²) in [5.41, 5.74) is 2.36. The average Bonchev–Trinajstić information content (AvgIpc) is 3.04. The topological polar surface area (TPSA) is 62.7 Å². The highest BCUT2D eigenvalue weighted by Crippen LogP contribution is 2.22. The lowest BCUT2D eigenvalue weighted by atomic mass is 9.97. The van der Waals surface area contributed by atoms with Crippen LogP contribution in [-0.2, 0) is 17.6 Å². The van der Waals surface area contributed by atoms with E-state index in [0.29, 0.717) is 19.5 Å². The molecule has 1 aromatic heterocycles. The van der Waals surface area contributed by atoms with E-state index in [1.807, 2.05) is 41.3 Å². The summed E-state index contributed by atoms with van der Waals surface area (Å²) < 4.78 is 5.15. The van der Waals surface area contributed by atoms with Crippen LogP contribution in [0.5, 0.6) is 5.75 Å². The number of carbonyl (C=O) groups is 1. The summed E-state index contributed by atoms with van der Waals surface area (Å²) in [6.07, 6.45) is 6.05. The Morgan fingerprint density at radius 3 is 2.58 bits per heavy atom. The van der Waals surface area contributed by atoms with Crippen molar-refractivity contribution in [3.8, 4) is 5.75 Å². The third-order valence-electron chi connectivity index (χ3n) is 5.02. The Morgan fingerprint density at radius 2 is 1.88 bits per heavy atom. The Labute approximate surface area is 154 Å². The fraction of sp³-hybridized carbons (Fsp3) is 0.429. The van der Waals surface area contributed by atoms with E-state index in [1.165, 1.54) is 5.56 Å². The molecular formula is C21H26N2O3. The molecule has 3 rings (SSSR count). The van der Waals surface area contributed by atoms with Crippen LogP contribution in [0.15, 0.2) is 48.8 Å². The van der Waals surface area contributed by atoms with Crippen molar-refractivity contribution in [3.05, 3.63) is 59.9 Å². The van der Waals surface area contributed by atoms with Gasteiger partial charge < -0.3 is 14.7 Å². The summed E-state index contributed by atoms with van der Waals surface area (Å²) in [5, 5.41) is 10.3. The van der Waals surface area contributed by atoms with Gasteiger partial charge in [0.05, 0.1) is 13.2 Å². The molecule has 5 heteroatoms. The minimum absolute atomic E-state index is 0.0999. The van der Waals surface area contributed by atoms with E-state index in [4.69, 9.17) is 4.74 Å². The number of benzene rings is 1. The zero-order valence-electron chi connectivity index (χ0n) is 15.2. The number of aliphatic hydroxyl groups is 1. The van der Waals surface area contributed by atoms with Gasteiger partial charge in [0.25, 0.3) is 0 Å². The molecule has 0 spiro atoms. The lowest BCUT2D eigenvalue weighted by molar-refractivity contribution is -0.130. The van der Waals surface area contributed by atoms with Gasteiger partial charge in [-0.05, 0) is 54.7 Å². The number of β-amino-alcohol motifs (C(OH)–C–C–N with tert-alkyl or cyclic N) is 1. The van der Waals surface area contributed by atoms with Crippen LogP contribution < -0.4 is 4.74 Å². The van der Waals surface area contributed by atoms with Crippen LogP contribution in [-0.4, -0.2) is 47.2 Å². The summed E-state index contributed by atoms with van der Waals surface area (Å²) >= 11 is 0. The van der Waals surface area contributed by atoms with Crippen LogP contribution in [0, 0.1) is 5.92 Å². The normalized spacial score (nSPS) is 19.5. The molecule has 2 aromatic rings. The molecule has 0 bridgehead atoms. The van der Waals surface area contributed by atoms with E-state index in [0.717, 1.165) is 30.6 Å². The first-order valence-electron chi connectivity index (χ1n) is 9.13. The van der Waals surface area contributed by atoms with Crippen molar-refractivity contribution in [1.29, 1.82) is 0 Å². The first-order valence-corrected chi connectivity index (χ1v) is 9.13. The van der Waals surface area contributed by atoms with Gasteiger partial charge in [-0.1, -0.05) is 12.1 Å². The number of likely N-dealkylation sites (tertiary alicyclic amines) is 1. The van der Waals surface area contributed by atoms with Crippen molar-refractivity contribution in [2.75, 3.05) is 20.2 Å². The summed E-state index contributed by atoms with van der Waals surface area (Å²) in [4.78, 5) is 18.3. The molecule has 2 atom stereocenters. The van der Waals surface area contributed by atoms with Crippen molar-refractivity contribution in [2.24, 2.45) is 5.92 Å². The fourth-order valence-electron chi connectivity index (χ4n) is 3.47. The van der Waals surface area contributed by atoms with E-state index in [-0.39, 0.29) is 11.8 Å². The van der Waals surface area contributed by atoms with Crippen LogP contribution in [0.25, 0.3) is 0 Å². The van der Waals surface area contributed by atoms with Crippen LogP contribution in [0.4, 0.5) is 0 Å². The number of nitrogens with zero attached hydrogens (tertiary/aromatic N) is 2. The minimum Gasteiger partial charge on any atom is -0.497 e. The summed E-state index contributed by atoms with van der Waals surface area (Å²) in [6, 6.07) is 11.9. The first-order chi connectivity index (χ1) is 12.7. The molecule has 26 heavy (non-hydrogen) atoms. The Balaban J connectivity index is 1.44. The van der Waals surface area contributed by atoms with E-state index >= 15 is 0 Å². The number of hydrogen-bond acceptors (Lipinski definition) is 4. The molecular weight excluding hydrogens is 328 g/mol. The smallest absolute Gasteiger partial charge is 0.222 e. The van der Waals surface area contributed by atoms with Crippen molar-refractivity contribution in [3.63, 3.8) is 0 Å². The second-order valence-corrected chi connectivity index (χ2v) is 6.89. The Bertz CT molecular complexity index is 703. The second-order valence-electron chi connectivity index (χ2n) is 6.89. The molecule has 0 saturated carbocycles. The molecule has 1 aromatic carbocycles. The third-order valence-corrected chi connectivity index (χ3v) is 5.02. The molecule has 1 N–H and O–H groups in total. The first kappa shape index (κ1) is 18.4. The van der Waals surface area contributed by atoms with Crippen molar-refractivity contribution in [2.45, 2.75) is 31.8 Å². The predicted molar refractivity (Wildman–Crippen MR) is 99.9 cm³/mol. The summed E-state index contributed by atoms with van der Waals surface area (Å²) in [6.45, 7) is 1.07. The van der Waals surface area contributed by atoms with E-state index in [1.54, 1.807) is 19.5 Å². The average molecular weight is 354 g/mol. The highest BCUT2D eigenvalue weighted by molar-refractivity contribution is 5.76. The third kappa shape index (κ3) is 4.82. The standard InChI is InChI=1S/C21H26N2O3/c1-26-19-7-5-16(6-8-19)3-2-4-21(25)23-14-18(20(24)15-23)13-17-9-11-22-12-10-17/h5-12,18,20,24H,2-4,13-15H2,1H3/t18-,20-/m1/s1. The van der Waals surface area contributed by atoms with Gasteiger partial charge in [0.1, 0.15) is 5.75 Å². The van der Waals surface area contributed by atoms with Gasteiger partial charge in [0.2, 0.25) is 5.91 Å². The molecule has 2 heterocycles. The quantitative estimate of drug-likeness (QED) is 0.830. The van der Waals surface area contributed by atoms with E-state index in [9.17, 15) is 9.90 Å². The number of aromatic nitrogens is 1. The van der Waals surface area contributed by atoms with Crippen LogP contribution in [0.2, 0.25) is 0 Å². The number of rotatable bonds is 7. The number of carbonyl (C=O) groups excluding carboxylic acids is 1. The molecule has 1 amide bonds. The predicted octanol–water partition coefficient (Wildman–Crippen LogP) is 2.47. The SMILES string of the molecule is COc1ccc(CCCC(=O)N2C[C@@H](Cc3ccncc3)[C@H](O)C2)cc1. The number of pyridine rings is 1. The molecule has 1 saturated heterocycles. The van der Waals surface area contributed by atoms with Gasteiger partial charge in [-0.3, -0.25) is 9.78 Å². The fourth-order valence-corrected chi connectivity index (χ4v) is 3.47. The maximum atomic E-state index is 12.5. The Hall–Kier alpha value is -2.40. The number of hydrogen-bond donors (Lipinski definition) is 1. The van der Waals surface area contributed by atoms with Crippen molar-refractivity contribution < 1.29 is 14.6 Å². The molecule has 1 fully saturated rings. The van der Waals surface area contributed by atoms with Gasteiger partial charge in [-0.15, -0.1) is 0 Å². The van der Waals surface area contributed by atoms with Gasteiger partial charge in [-0.2, -0.15) is 0 Å². The molecule has 0 radical (unpaired) electrons. The molecule has 1 aliphatic rings. The van der Waals surface area contributed by atoms with Crippen LogP contribution in [0.3, 0.4) is 0 Å². The van der Waals surface area contributed by atoms with Crippen LogP contribution >= 0.6 is 0 Å². The number of ether oxygens (including phenoxy) is 1. The zero-order chi connectivity index (χ0) is 18.4. The van der Waals surface area contributed by atoms with Gasteiger partial charge in [0, 0.05) is 37.8 Å². The van der Waals surface area contributed by atoms with E-state index < -0.39 is 6.10 Å². The van der Waals surface area contributed by atoms with Gasteiger partial charge in [-0.25, -0.2) is 0 Å². The monoisotopic (exact) mass is 354 g/mol. The highest BCUT2D eigenvalue weighted by Gasteiger charge is 2.33. The molecule has 5 nitrogen and oxygen atoms in total. The molecule has 1 aliphatic heterocycles. The maximum absolute atomic E-state index is 12.5. The number of amides is 1. The lowest BCUT2D eigenvalue weighted by Crippen LogP contribution is -2.29.